The van der Waals surface area contributed by atoms with E-state index in [-0.39, 0.29) is 5.82 Å². The van der Waals surface area contributed by atoms with Gasteiger partial charge < -0.3 is 10.6 Å². The van der Waals surface area contributed by atoms with Crippen molar-refractivity contribution >= 4 is 33.4 Å². The van der Waals surface area contributed by atoms with Crippen LogP contribution in [-0.2, 0) is 6.54 Å². The highest BCUT2D eigenvalue weighted by molar-refractivity contribution is 9.10. The molecule has 1 aromatic heterocycles. The monoisotopic (exact) mass is 386 g/mol. The maximum Gasteiger partial charge on any atom is 0.224 e. The quantitative estimate of drug-likeness (QED) is 0.644. The van der Waals surface area contributed by atoms with E-state index in [2.05, 4.69) is 36.5 Å². The Labute approximate surface area is 148 Å². The molecule has 0 amide bonds. The molecule has 0 bridgehead atoms. The molecule has 2 aromatic carbocycles. The minimum Gasteiger partial charge on any atom is -0.350 e. The third-order valence-corrected chi connectivity index (χ3v) is 4.34. The van der Waals surface area contributed by atoms with Gasteiger partial charge in [0.25, 0.3) is 0 Å². The first-order valence-corrected chi connectivity index (χ1v) is 8.24. The number of rotatable bonds is 5. The molecule has 0 saturated heterocycles. The number of hydrogen-bond donors (Lipinski definition) is 2. The summed E-state index contributed by atoms with van der Waals surface area (Å²) in [5, 5.41) is 6.39. The number of nitrogens with one attached hydrogen (secondary N) is 2. The molecule has 0 atom stereocenters. The second kappa shape index (κ2) is 7.40. The lowest BCUT2D eigenvalue weighted by molar-refractivity contribution is 0.627. The molecule has 24 heavy (non-hydrogen) atoms. The highest BCUT2D eigenvalue weighted by atomic mass is 79.9. The summed E-state index contributed by atoms with van der Waals surface area (Å²) in [7, 11) is 0. The van der Waals surface area contributed by atoms with Crippen LogP contribution in [0.1, 0.15) is 11.1 Å². The first-order chi connectivity index (χ1) is 11.6. The number of aryl methyl sites for hydroxylation is 1. The smallest absolute Gasteiger partial charge is 0.224 e. The normalized spacial score (nSPS) is 10.5. The third kappa shape index (κ3) is 4.29. The predicted octanol–water partition coefficient (Wildman–Crippen LogP) is 5.04. The average Bonchev–Trinajstić information content (AvgIpc) is 2.58. The summed E-state index contributed by atoms with van der Waals surface area (Å²) in [5.41, 5.74) is 3.06. The Morgan fingerprint density at radius 1 is 1.08 bits per heavy atom. The van der Waals surface area contributed by atoms with Gasteiger partial charge in [-0.3, -0.25) is 0 Å². The van der Waals surface area contributed by atoms with Crippen molar-refractivity contribution in [2.24, 2.45) is 0 Å². The second-order valence-corrected chi connectivity index (χ2v) is 6.19. The maximum atomic E-state index is 12.9. The maximum absolute atomic E-state index is 12.9. The predicted molar refractivity (Wildman–Crippen MR) is 97.9 cm³/mol. The summed E-state index contributed by atoms with van der Waals surface area (Å²) in [4.78, 5) is 8.64. The lowest BCUT2D eigenvalue weighted by atomic mass is 10.2. The summed E-state index contributed by atoms with van der Waals surface area (Å²) in [5.74, 6) is 0.970. The number of anilines is 3. The molecule has 2 N–H and O–H groups in total. The highest BCUT2D eigenvalue weighted by Crippen LogP contribution is 2.22. The first kappa shape index (κ1) is 16.4. The van der Waals surface area contributed by atoms with Crippen molar-refractivity contribution in [1.29, 1.82) is 0 Å². The van der Waals surface area contributed by atoms with Crippen LogP contribution in [0.5, 0.6) is 0 Å². The van der Waals surface area contributed by atoms with Gasteiger partial charge >= 0.3 is 0 Å². The van der Waals surface area contributed by atoms with Crippen LogP contribution in [0.15, 0.2) is 59.2 Å². The van der Waals surface area contributed by atoms with Crippen LogP contribution < -0.4 is 10.6 Å². The fourth-order valence-corrected chi connectivity index (χ4v) is 2.41. The van der Waals surface area contributed by atoms with Gasteiger partial charge in [-0.1, -0.05) is 28.1 Å². The van der Waals surface area contributed by atoms with Crippen molar-refractivity contribution in [3.63, 3.8) is 0 Å². The van der Waals surface area contributed by atoms with Crippen molar-refractivity contribution < 1.29 is 4.39 Å². The van der Waals surface area contributed by atoms with Crippen molar-refractivity contribution in [3.8, 4) is 0 Å². The van der Waals surface area contributed by atoms with E-state index < -0.39 is 0 Å². The minimum absolute atomic E-state index is 0.244. The van der Waals surface area contributed by atoms with E-state index in [1.165, 1.54) is 12.1 Å². The van der Waals surface area contributed by atoms with Crippen LogP contribution in [0.2, 0.25) is 0 Å². The molecule has 0 saturated carbocycles. The molecule has 3 rings (SSSR count). The fraction of sp³-hybridized carbons (Fsp3) is 0.111. The molecule has 6 heteroatoms. The summed E-state index contributed by atoms with van der Waals surface area (Å²) < 4.78 is 14.0. The second-order valence-electron chi connectivity index (χ2n) is 5.33. The topological polar surface area (TPSA) is 49.8 Å². The molecule has 0 unspecified atom stereocenters. The van der Waals surface area contributed by atoms with Crippen LogP contribution in [0.4, 0.5) is 21.8 Å². The van der Waals surface area contributed by atoms with Gasteiger partial charge in [-0.2, -0.15) is 4.98 Å². The van der Waals surface area contributed by atoms with E-state index in [0.717, 1.165) is 21.3 Å². The standard InChI is InChI=1S/C18H16BrFN4/c1-12-10-15(6-7-16(12)19)23-17-8-9-21-18(24-17)22-11-13-2-4-14(20)5-3-13/h2-10H,11H2,1H3,(H2,21,22,23,24). The van der Waals surface area contributed by atoms with Gasteiger partial charge in [-0.05, 0) is 54.4 Å². The molecule has 4 nitrogen and oxygen atoms in total. The fourth-order valence-electron chi connectivity index (χ4n) is 2.17. The van der Waals surface area contributed by atoms with Crippen molar-refractivity contribution in [1.82, 2.24) is 9.97 Å². The molecule has 1 heterocycles. The van der Waals surface area contributed by atoms with E-state index >= 15 is 0 Å². The number of benzene rings is 2. The summed E-state index contributed by atoms with van der Waals surface area (Å²) in [6, 6.07) is 14.1. The molecular formula is C18H16BrFN4. The van der Waals surface area contributed by atoms with Crippen molar-refractivity contribution in [2.75, 3.05) is 10.6 Å². The Morgan fingerprint density at radius 2 is 1.88 bits per heavy atom. The zero-order chi connectivity index (χ0) is 16.9. The number of nitrogens with zero attached hydrogens (tertiary/aromatic N) is 2. The zero-order valence-electron chi connectivity index (χ0n) is 13.1. The SMILES string of the molecule is Cc1cc(Nc2ccnc(NCc3ccc(F)cc3)n2)ccc1Br. The summed E-state index contributed by atoms with van der Waals surface area (Å²) in [6.07, 6.45) is 1.69. The van der Waals surface area contributed by atoms with Gasteiger partial charge in [0.05, 0.1) is 0 Å². The van der Waals surface area contributed by atoms with E-state index in [1.54, 1.807) is 24.4 Å². The minimum atomic E-state index is -0.244. The van der Waals surface area contributed by atoms with E-state index in [0.29, 0.717) is 18.3 Å². The van der Waals surface area contributed by atoms with Gasteiger partial charge in [0.1, 0.15) is 11.6 Å². The summed E-state index contributed by atoms with van der Waals surface area (Å²) in [6.45, 7) is 2.56. The zero-order valence-corrected chi connectivity index (χ0v) is 14.6. The van der Waals surface area contributed by atoms with Gasteiger partial charge in [-0.15, -0.1) is 0 Å². The molecule has 0 aliphatic rings. The van der Waals surface area contributed by atoms with E-state index in [4.69, 9.17) is 0 Å². The molecule has 0 spiro atoms. The molecule has 3 aromatic rings. The average molecular weight is 387 g/mol. The van der Waals surface area contributed by atoms with Crippen LogP contribution in [0.25, 0.3) is 0 Å². The third-order valence-electron chi connectivity index (χ3n) is 3.45. The lowest BCUT2D eigenvalue weighted by Crippen LogP contribution is -2.05. The Bertz CT molecular complexity index is 837. The number of hydrogen-bond acceptors (Lipinski definition) is 4. The molecule has 0 radical (unpaired) electrons. The molecule has 0 aliphatic carbocycles. The number of halogens is 2. The Kier molecular flexibility index (Phi) is 5.05. The Hall–Kier alpha value is -2.47. The molecule has 0 aliphatic heterocycles. The molecule has 122 valence electrons. The Balaban J connectivity index is 1.67. The van der Waals surface area contributed by atoms with E-state index in [9.17, 15) is 4.39 Å². The van der Waals surface area contributed by atoms with Gasteiger partial charge in [0.2, 0.25) is 5.95 Å². The molecular weight excluding hydrogens is 371 g/mol. The van der Waals surface area contributed by atoms with Gasteiger partial charge in [0, 0.05) is 22.9 Å². The van der Waals surface area contributed by atoms with Crippen molar-refractivity contribution in [2.45, 2.75) is 13.5 Å². The summed E-state index contributed by atoms with van der Waals surface area (Å²) >= 11 is 3.49. The van der Waals surface area contributed by atoms with Crippen LogP contribution in [-0.4, -0.2) is 9.97 Å². The largest absolute Gasteiger partial charge is 0.350 e. The highest BCUT2D eigenvalue weighted by Gasteiger charge is 2.02. The molecule has 0 fully saturated rings. The Morgan fingerprint density at radius 3 is 2.62 bits per heavy atom. The van der Waals surface area contributed by atoms with Gasteiger partial charge in [0.15, 0.2) is 0 Å². The van der Waals surface area contributed by atoms with Gasteiger partial charge in [-0.25, -0.2) is 9.37 Å². The van der Waals surface area contributed by atoms with Crippen LogP contribution in [0, 0.1) is 12.7 Å². The van der Waals surface area contributed by atoms with Crippen LogP contribution >= 0.6 is 15.9 Å². The van der Waals surface area contributed by atoms with Crippen molar-refractivity contribution in [3.05, 3.63) is 76.1 Å². The van der Waals surface area contributed by atoms with Crippen LogP contribution in [0.3, 0.4) is 0 Å². The first-order valence-electron chi connectivity index (χ1n) is 7.45. The van der Waals surface area contributed by atoms with E-state index in [1.807, 2.05) is 25.1 Å². The number of aromatic nitrogens is 2. The lowest BCUT2D eigenvalue weighted by Gasteiger charge is -2.09.